The second kappa shape index (κ2) is 4.36. The van der Waals surface area contributed by atoms with Gasteiger partial charge in [0, 0.05) is 23.7 Å². The zero-order chi connectivity index (χ0) is 9.97. The Balaban J connectivity index is 1.82. The van der Waals surface area contributed by atoms with Gasteiger partial charge in [-0.05, 0) is 26.2 Å². The SMILES string of the molecule is Cc1csc(CN[C@H]2CCC[C@H]2F)n1. The van der Waals surface area contributed by atoms with Crippen LogP contribution in [0.4, 0.5) is 4.39 Å². The molecule has 0 bridgehead atoms. The lowest BCUT2D eigenvalue weighted by Crippen LogP contribution is -2.32. The van der Waals surface area contributed by atoms with Crippen LogP contribution in [0.25, 0.3) is 0 Å². The fourth-order valence-corrected chi connectivity index (χ4v) is 2.57. The normalized spacial score (nSPS) is 27.0. The van der Waals surface area contributed by atoms with E-state index in [1.54, 1.807) is 11.3 Å². The lowest BCUT2D eigenvalue weighted by atomic mass is 10.2. The smallest absolute Gasteiger partial charge is 0.115 e. The Hall–Kier alpha value is -0.480. The van der Waals surface area contributed by atoms with Gasteiger partial charge in [-0.25, -0.2) is 9.37 Å². The lowest BCUT2D eigenvalue weighted by Gasteiger charge is -2.13. The van der Waals surface area contributed by atoms with Crippen molar-refractivity contribution in [2.24, 2.45) is 0 Å². The van der Waals surface area contributed by atoms with E-state index in [9.17, 15) is 4.39 Å². The Kier molecular flexibility index (Phi) is 3.13. The molecule has 0 saturated heterocycles. The van der Waals surface area contributed by atoms with Gasteiger partial charge in [0.25, 0.3) is 0 Å². The van der Waals surface area contributed by atoms with Crippen LogP contribution in [-0.2, 0) is 6.54 Å². The number of thiazole rings is 1. The van der Waals surface area contributed by atoms with E-state index in [1.807, 2.05) is 12.3 Å². The number of aromatic nitrogens is 1. The molecule has 1 heterocycles. The van der Waals surface area contributed by atoms with E-state index in [0.29, 0.717) is 13.0 Å². The summed E-state index contributed by atoms with van der Waals surface area (Å²) in [6, 6.07) is 0.0548. The van der Waals surface area contributed by atoms with Gasteiger partial charge in [-0.3, -0.25) is 0 Å². The number of hydrogen-bond donors (Lipinski definition) is 1. The second-order valence-corrected chi connectivity index (χ2v) is 4.76. The van der Waals surface area contributed by atoms with Crippen LogP contribution in [0.1, 0.15) is 30.0 Å². The van der Waals surface area contributed by atoms with E-state index < -0.39 is 6.17 Å². The molecule has 2 nitrogen and oxygen atoms in total. The molecule has 1 N–H and O–H groups in total. The predicted molar refractivity (Wildman–Crippen MR) is 56.2 cm³/mol. The molecular formula is C10H15FN2S. The number of aryl methyl sites for hydroxylation is 1. The fourth-order valence-electron chi connectivity index (χ4n) is 1.85. The standard InChI is InChI=1S/C10H15FN2S/c1-7-6-14-10(13-7)5-12-9-4-2-3-8(9)11/h6,8-9,12H,2-5H2,1H3/t8-,9+/m1/s1. The Morgan fingerprint density at radius 3 is 3.07 bits per heavy atom. The molecule has 1 saturated carbocycles. The van der Waals surface area contributed by atoms with Crippen LogP contribution in [0, 0.1) is 6.92 Å². The van der Waals surface area contributed by atoms with E-state index in [0.717, 1.165) is 23.5 Å². The van der Waals surface area contributed by atoms with Crippen LogP contribution in [0.15, 0.2) is 5.38 Å². The molecule has 2 rings (SSSR count). The maximum Gasteiger partial charge on any atom is 0.115 e. The van der Waals surface area contributed by atoms with Crippen LogP contribution in [0.3, 0.4) is 0 Å². The third-order valence-electron chi connectivity index (χ3n) is 2.61. The summed E-state index contributed by atoms with van der Waals surface area (Å²) in [4.78, 5) is 4.33. The number of halogens is 1. The minimum atomic E-state index is -0.656. The van der Waals surface area contributed by atoms with Crippen LogP contribution < -0.4 is 5.32 Å². The van der Waals surface area contributed by atoms with Gasteiger partial charge in [0.05, 0.1) is 0 Å². The van der Waals surface area contributed by atoms with Crippen LogP contribution in [0.2, 0.25) is 0 Å². The maximum atomic E-state index is 13.2. The molecule has 0 unspecified atom stereocenters. The molecule has 14 heavy (non-hydrogen) atoms. The van der Waals surface area contributed by atoms with Crippen molar-refractivity contribution in [3.63, 3.8) is 0 Å². The zero-order valence-electron chi connectivity index (χ0n) is 8.29. The summed E-state index contributed by atoms with van der Waals surface area (Å²) in [6.07, 6.45) is 2.03. The van der Waals surface area contributed by atoms with Gasteiger partial charge >= 0.3 is 0 Å². The Bertz CT molecular complexity index is 300. The molecule has 1 aliphatic carbocycles. The zero-order valence-corrected chi connectivity index (χ0v) is 9.11. The number of nitrogens with zero attached hydrogens (tertiary/aromatic N) is 1. The highest BCUT2D eigenvalue weighted by Gasteiger charge is 2.26. The summed E-state index contributed by atoms with van der Waals surface area (Å²) in [5.74, 6) is 0. The van der Waals surface area contributed by atoms with Gasteiger partial charge in [0.15, 0.2) is 0 Å². The first-order valence-corrected chi connectivity index (χ1v) is 5.92. The van der Waals surface area contributed by atoms with E-state index in [4.69, 9.17) is 0 Å². The summed E-state index contributed by atoms with van der Waals surface area (Å²) < 4.78 is 13.2. The van der Waals surface area contributed by atoms with Crippen molar-refractivity contribution < 1.29 is 4.39 Å². The van der Waals surface area contributed by atoms with Gasteiger partial charge in [0.1, 0.15) is 11.2 Å². The Labute approximate surface area is 87.6 Å². The first-order valence-electron chi connectivity index (χ1n) is 5.04. The molecule has 1 aromatic heterocycles. The molecule has 2 atom stereocenters. The molecule has 0 aromatic carbocycles. The van der Waals surface area contributed by atoms with Crippen molar-refractivity contribution in [1.29, 1.82) is 0 Å². The average Bonchev–Trinajstić information content (AvgIpc) is 2.72. The van der Waals surface area contributed by atoms with Gasteiger partial charge in [-0.15, -0.1) is 11.3 Å². The summed E-state index contributed by atoms with van der Waals surface area (Å²) >= 11 is 1.64. The molecule has 0 spiro atoms. The van der Waals surface area contributed by atoms with Gasteiger partial charge in [-0.2, -0.15) is 0 Å². The van der Waals surface area contributed by atoms with E-state index >= 15 is 0 Å². The molecule has 0 amide bonds. The van der Waals surface area contributed by atoms with Gasteiger partial charge < -0.3 is 5.32 Å². The number of nitrogens with one attached hydrogen (secondary N) is 1. The fraction of sp³-hybridized carbons (Fsp3) is 0.700. The topological polar surface area (TPSA) is 24.9 Å². The van der Waals surface area contributed by atoms with Crippen LogP contribution in [0.5, 0.6) is 0 Å². The second-order valence-electron chi connectivity index (χ2n) is 3.82. The quantitative estimate of drug-likeness (QED) is 0.836. The number of rotatable bonds is 3. The van der Waals surface area contributed by atoms with E-state index in [2.05, 4.69) is 10.3 Å². The van der Waals surface area contributed by atoms with E-state index in [1.165, 1.54) is 0 Å². The molecule has 0 aliphatic heterocycles. The summed E-state index contributed by atoms with van der Waals surface area (Å²) in [7, 11) is 0. The Morgan fingerprint density at radius 1 is 1.64 bits per heavy atom. The van der Waals surface area contributed by atoms with E-state index in [-0.39, 0.29) is 6.04 Å². The number of hydrogen-bond acceptors (Lipinski definition) is 3. The minimum absolute atomic E-state index is 0.0548. The molecule has 1 aromatic rings. The maximum absolute atomic E-state index is 13.2. The molecular weight excluding hydrogens is 199 g/mol. The van der Waals surface area contributed by atoms with Crippen molar-refractivity contribution in [2.75, 3.05) is 0 Å². The number of alkyl halides is 1. The molecule has 0 radical (unpaired) electrons. The first kappa shape index (κ1) is 10.1. The summed E-state index contributed by atoms with van der Waals surface area (Å²) in [6.45, 7) is 2.69. The van der Waals surface area contributed by atoms with Gasteiger partial charge in [-0.1, -0.05) is 0 Å². The van der Waals surface area contributed by atoms with Crippen LogP contribution >= 0.6 is 11.3 Å². The molecule has 78 valence electrons. The summed E-state index contributed by atoms with van der Waals surface area (Å²) in [5, 5.41) is 6.32. The largest absolute Gasteiger partial charge is 0.305 e. The van der Waals surface area contributed by atoms with Crippen molar-refractivity contribution in [2.45, 2.75) is 44.9 Å². The third kappa shape index (κ3) is 2.30. The summed E-state index contributed by atoms with van der Waals surface area (Å²) in [5.41, 5.74) is 1.05. The highest BCUT2D eigenvalue weighted by molar-refractivity contribution is 7.09. The van der Waals surface area contributed by atoms with Crippen molar-refractivity contribution in [3.8, 4) is 0 Å². The Morgan fingerprint density at radius 2 is 2.50 bits per heavy atom. The van der Waals surface area contributed by atoms with Crippen molar-refractivity contribution in [3.05, 3.63) is 16.1 Å². The van der Waals surface area contributed by atoms with Crippen LogP contribution in [-0.4, -0.2) is 17.2 Å². The molecule has 1 aliphatic rings. The third-order valence-corrected chi connectivity index (χ3v) is 3.58. The molecule has 1 fully saturated rings. The lowest BCUT2D eigenvalue weighted by molar-refractivity contribution is 0.279. The van der Waals surface area contributed by atoms with Gasteiger partial charge in [0.2, 0.25) is 0 Å². The van der Waals surface area contributed by atoms with Crippen molar-refractivity contribution >= 4 is 11.3 Å². The monoisotopic (exact) mass is 214 g/mol. The molecule has 4 heteroatoms. The van der Waals surface area contributed by atoms with Crippen molar-refractivity contribution in [1.82, 2.24) is 10.3 Å². The highest BCUT2D eigenvalue weighted by Crippen LogP contribution is 2.22. The average molecular weight is 214 g/mol. The minimum Gasteiger partial charge on any atom is -0.305 e. The first-order chi connectivity index (χ1) is 6.75. The predicted octanol–water partition coefficient (Wildman–Crippen LogP) is 2.43. The highest BCUT2D eigenvalue weighted by atomic mass is 32.1.